The van der Waals surface area contributed by atoms with Gasteiger partial charge in [0, 0.05) is 5.56 Å². The van der Waals surface area contributed by atoms with Gasteiger partial charge in [0.25, 0.3) is 5.91 Å². The lowest BCUT2D eigenvalue weighted by atomic mass is 10.0. The molecule has 0 aliphatic heterocycles. The second-order valence-electron chi connectivity index (χ2n) is 6.99. The van der Waals surface area contributed by atoms with Crippen LogP contribution in [0.1, 0.15) is 15.9 Å². The van der Waals surface area contributed by atoms with E-state index in [0.29, 0.717) is 27.5 Å². The summed E-state index contributed by atoms with van der Waals surface area (Å²) < 4.78 is 15.0. The molecule has 0 saturated heterocycles. The van der Waals surface area contributed by atoms with Crippen molar-refractivity contribution in [2.45, 2.75) is 6.54 Å². The number of carbonyl (C=O) groups is 1. The minimum absolute atomic E-state index is 0.157. The molecular formula is C25H17FN2OS. The minimum Gasteiger partial charge on any atom is -0.279 e. The summed E-state index contributed by atoms with van der Waals surface area (Å²) in [6.45, 7) is 0.352. The monoisotopic (exact) mass is 412 g/mol. The number of halogens is 1. The van der Waals surface area contributed by atoms with Crippen LogP contribution in [0.2, 0.25) is 0 Å². The molecule has 0 fully saturated rings. The number of aromatic nitrogens is 1. The van der Waals surface area contributed by atoms with Gasteiger partial charge in [0.05, 0.1) is 11.2 Å². The van der Waals surface area contributed by atoms with E-state index in [2.05, 4.69) is 4.98 Å². The summed E-state index contributed by atoms with van der Waals surface area (Å²) in [4.78, 5) is 19.8. The number of thiazole rings is 1. The molecule has 1 amide bonds. The number of amides is 1. The van der Waals surface area contributed by atoms with Crippen molar-refractivity contribution in [3.8, 4) is 0 Å². The zero-order chi connectivity index (χ0) is 20.5. The molecule has 3 nitrogen and oxygen atoms in total. The smallest absolute Gasteiger partial charge is 0.261 e. The van der Waals surface area contributed by atoms with Gasteiger partial charge in [-0.05, 0) is 34.5 Å². The zero-order valence-electron chi connectivity index (χ0n) is 16.0. The van der Waals surface area contributed by atoms with Crippen LogP contribution in [0.5, 0.6) is 0 Å². The number of nitrogens with zero attached hydrogens (tertiary/aromatic N) is 2. The normalized spacial score (nSPS) is 11.1. The molecule has 0 unspecified atom stereocenters. The molecule has 0 atom stereocenters. The van der Waals surface area contributed by atoms with Crippen LogP contribution in [0.25, 0.3) is 21.0 Å². The fraction of sp³-hybridized carbons (Fsp3) is 0.0400. The molecule has 0 radical (unpaired) electrons. The number of hydrogen-bond donors (Lipinski definition) is 0. The number of carbonyl (C=O) groups excluding carboxylic acids is 1. The number of benzene rings is 4. The Labute approximate surface area is 177 Å². The Morgan fingerprint density at radius 2 is 1.60 bits per heavy atom. The predicted molar refractivity (Wildman–Crippen MR) is 120 cm³/mol. The van der Waals surface area contributed by atoms with E-state index in [-0.39, 0.29) is 11.7 Å². The molecule has 4 aromatic carbocycles. The summed E-state index contributed by atoms with van der Waals surface area (Å²) in [6, 6.07) is 28.1. The summed E-state index contributed by atoms with van der Waals surface area (Å²) in [5.74, 6) is -0.539. The maximum absolute atomic E-state index is 14.3. The lowest BCUT2D eigenvalue weighted by Crippen LogP contribution is -2.30. The van der Waals surface area contributed by atoms with Gasteiger partial charge in [-0.25, -0.2) is 9.37 Å². The Balaban J connectivity index is 1.65. The van der Waals surface area contributed by atoms with Gasteiger partial charge >= 0.3 is 0 Å². The van der Waals surface area contributed by atoms with E-state index < -0.39 is 0 Å². The van der Waals surface area contributed by atoms with Crippen molar-refractivity contribution in [3.05, 3.63) is 108 Å². The quantitative estimate of drug-likeness (QED) is 0.340. The Kier molecular flexibility index (Phi) is 4.73. The fourth-order valence-electron chi connectivity index (χ4n) is 3.57. The third-order valence-electron chi connectivity index (χ3n) is 5.04. The van der Waals surface area contributed by atoms with Crippen LogP contribution >= 0.6 is 11.3 Å². The SMILES string of the molecule is O=C(c1cccc2ccccc12)N(Cc1ccccc1)c1nc2c(F)cccc2s1. The summed E-state index contributed by atoms with van der Waals surface area (Å²) in [6.07, 6.45) is 0. The summed E-state index contributed by atoms with van der Waals surface area (Å²) in [5.41, 5.74) is 1.87. The Bertz CT molecular complexity index is 1360. The Morgan fingerprint density at radius 1 is 0.867 bits per heavy atom. The van der Waals surface area contributed by atoms with Gasteiger partial charge < -0.3 is 0 Å². The molecule has 0 N–H and O–H groups in total. The standard InChI is InChI=1S/C25H17FN2OS/c26-21-14-7-15-22-23(21)27-25(30-22)28(16-17-8-2-1-3-9-17)24(29)20-13-6-11-18-10-4-5-12-19(18)20/h1-15H,16H2. The maximum atomic E-state index is 14.3. The van der Waals surface area contributed by atoms with E-state index in [1.54, 1.807) is 11.0 Å². The molecule has 5 aromatic rings. The van der Waals surface area contributed by atoms with E-state index in [9.17, 15) is 9.18 Å². The number of hydrogen-bond acceptors (Lipinski definition) is 3. The van der Waals surface area contributed by atoms with Gasteiger partial charge in [-0.15, -0.1) is 0 Å². The van der Waals surface area contributed by atoms with Crippen LogP contribution < -0.4 is 4.90 Å². The van der Waals surface area contributed by atoms with Gasteiger partial charge in [-0.3, -0.25) is 9.69 Å². The van der Waals surface area contributed by atoms with Crippen molar-refractivity contribution < 1.29 is 9.18 Å². The minimum atomic E-state index is -0.382. The molecular weight excluding hydrogens is 395 g/mol. The van der Waals surface area contributed by atoms with Crippen LogP contribution in [0.4, 0.5) is 9.52 Å². The Morgan fingerprint density at radius 3 is 2.43 bits per heavy atom. The van der Waals surface area contributed by atoms with Crippen molar-refractivity contribution in [1.29, 1.82) is 0 Å². The van der Waals surface area contributed by atoms with Crippen LogP contribution in [-0.4, -0.2) is 10.9 Å². The highest BCUT2D eigenvalue weighted by Gasteiger charge is 2.23. The number of anilines is 1. The maximum Gasteiger partial charge on any atom is 0.261 e. The average molecular weight is 412 g/mol. The van der Waals surface area contributed by atoms with Crippen LogP contribution in [0.3, 0.4) is 0 Å². The second kappa shape index (κ2) is 7.69. The van der Waals surface area contributed by atoms with Gasteiger partial charge in [0.1, 0.15) is 11.3 Å². The zero-order valence-corrected chi connectivity index (χ0v) is 16.8. The third-order valence-corrected chi connectivity index (χ3v) is 6.08. The summed E-state index contributed by atoms with van der Waals surface area (Å²) in [5, 5.41) is 2.37. The van der Waals surface area contributed by atoms with Gasteiger partial charge in [-0.1, -0.05) is 84.1 Å². The van der Waals surface area contributed by atoms with Gasteiger partial charge in [-0.2, -0.15) is 0 Å². The lowest BCUT2D eigenvalue weighted by molar-refractivity contribution is 0.0986. The van der Waals surface area contributed by atoms with Crippen LogP contribution in [-0.2, 0) is 6.54 Å². The molecule has 0 spiro atoms. The fourth-order valence-corrected chi connectivity index (χ4v) is 4.55. The third kappa shape index (κ3) is 3.33. The molecule has 0 aliphatic rings. The van der Waals surface area contributed by atoms with Crippen molar-refractivity contribution >= 4 is 43.4 Å². The highest BCUT2D eigenvalue weighted by Crippen LogP contribution is 2.33. The highest BCUT2D eigenvalue weighted by molar-refractivity contribution is 7.22. The molecule has 146 valence electrons. The number of fused-ring (bicyclic) bond motifs is 2. The van der Waals surface area contributed by atoms with Crippen LogP contribution in [0.15, 0.2) is 91.0 Å². The molecule has 5 rings (SSSR count). The molecule has 1 heterocycles. The predicted octanol–water partition coefficient (Wildman–Crippen LogP) is 6.44. The molecule has 0 bridgehead atoms. The highest BCUT2D eigenvalue weighted by atomic mass is 32.1. The average Bonchev–Trinajstić information content (AvgIpc) is 3.23. The topological polar surface area (TPSA) is 33.2 Å². The van der Waals surface area contributed by atoms with Crippen molar-refractivity contribution in [2.24, 2.45) is 0 Å². The van der Waals surface area contributed by atoms with Crippen molar-refractivity contribution in [3.63, 3.8) is 0 Å². The summed E-state index contributed by atoms with van der Waals surface area (Å²) in [7, 11) is 0. The van der Waals surface area contributed by atoms with E-state index in [1.807, 2.05) is 78.9 Å². The second-order valence-corrected chi connectivity index (χ2v) is 8.00. The van der Waals surface area contributed by atoms with E-state index >= 15 is 0 Å². The first-order valence-electron chi connectivity index (χ1n) is 9.59. The number of rotatable bonds is 4. The van der Waals surface area contributed by atoms with Crippen molar-refractivity contribution in [2.75, 3.05) is 4.90 Å². The lowest BCUT2D eigenvalue weighted by Gasteiger charge is -2.21. The van der Waals surface area contributed by atoms with E-state index in [4.69, 9.17) is 0 Å². The molecule has 1 aromatic heterocycles. The largest absolute Gasteiger partial charge is 0.279 e. The Hall–Kier alpha value is -3.57. The number of para-hydroxylation sites is 1. The molecule has 5 heteroatoms. The van der Waals surface area contributed by atoms with Gasteiger partial charge in [0.15, 0.2) is 5.13 Å². The van der Waals surface area contributed by atoms with E-state index in [1.165, 1.54) is 17.4 Å². The van der Waals surface area contributed by atoms with Crippen molar-refractivity contribution in [1.82, 2.24) is 4.98 Å². The summed E-state index contributed by atoms with van der Waals surface area (Å²) >= 11 is 1.32. The van der Waals surface area contributed by atoms with Gasteiger partial charge in [0.2, 0.25) is 0 Å². The molecule has 0 saturated carbocycles. The van der Waals surface area contributed by atoms with Crippen LogP contribution in [0, 0.1) is 5.82 Å². The first-order valence-corrected chi connectivity index (χ1v) is 10.4. The molecule has 0 aliphatic carbocycles. The first-order chi connectivity index (χ1) is 14.7. The first kappa shape index (κ1) is 18.5. The van der Waals surface area contributed by atoms with E-state index in [0.717, 1.165) is 16.3 Å². The molecule has 30 heavy (non-hydrogen) atoms.